The minimum atomic E-state index is -0.0462. The summed E-state index contributed by atoms with van der Waals surface area (Å²) in [7, 11) is 0. The SMILES string of the molecule is CCCCCCC(CO)Nc1ncnc(Cl)c1N. The highest BCUT2D eigenvalue weighted by Gasteiger charge is 2.11. The van der Waals surface area contributed by atoms with Gasteiger partial charge in [-0.05, 0) is 6.42 Å². The van der Waals surface area contributed by atoms with E-state index in [1.165, 1.54) is 25.6 Å². The van der Waals surface area contributed by atoms with Crippen molar-refractivity contribution in [3.63, 3.8) is 0 Å². The van der Waals surface area contributed by atoms with E-state index in [9.17, 15) is 5.11 Å². The minimum absolute atomic E-state index is 0.0462. The third kappa shape index (κ3) is 4.66. The van der Waals surface area contributed by atoms with E-state index in [4.69, 9.17) is 17.3 Å². The second-order valence-electron chi connectivity index (χ2n) is 4.30. The van der Waals surface area contributed by atoms with Crippen LogP contribution in [0.2, 0.25) is 5.15 Å². The predicted molar refractivity (Wildman–Crippen MR) is 74.7 cm³/mol. The van der Waals surface area contributed by atoms with Crippen LogP contribution in [0.5, 0.6) is 0 Å². The Morgan fingerprint density at radius 2 is 2.17 bits per heavy atom. The smallest absolute Gasteiger partial charge is 0.157 e. The van der Waals surface area contributed by atoms with E-state index in [1.54, 1.807) is 0 Å². The molecule has 6 heteroatoms. The lowest BCUT2D eigenvalue weighted by atomic mass is 10.1. The van der Waals surface area contributed by atoms with Gasteiger partial charge in [0.25, 0.3) is 0 Å². The molecule has 0 saturated carbocycles. The molecule has 1 unspecified atom stereocenters. The number of hydrogen-bond acceptors (Lipinski definition) is 5. The number of nitrogens with zero attached hydrogens (tertiary/aromatic N) is 2. The Labute approximate surface area is 113 Å². The van der Waals surface area contributed by atoms with Crippen LogP contribution in [-0.4, -0.2) is 27.7 Å². The first kappa shape index (κ1) is 15.0. The van der Waals surface area contributed by atoms with Gasteiger partial charge in [-0.1, -0.05) is 44.2 Å². The molecule has 1 atom stereocenters. The Morgan fingerprint density at radius 3 is 2.83 bits per heavy atom. The van der Waals surface area contributed by atoms with Crippen LogP contribution in [0.3, 0.4) is 0 Å². The average molecular weight is 273 g/mol. The fourth-order valence-corrected chi connectivity index (χ4v) is 1.84. The summed E-state index contributed by atoms with van der Waals surface area (Å²) in [6.45, 7) is 2.22. The maximum atomic E-state index is 9.32. The molecule has 102 valence electrons. The summed E-state index contributed by atoms with van der Waals surface area (Å²) in [5, 5.41) is 12.7. The van der Waals surface area contributed by atoms with Crippen molar-refractivity contribution in [2.45, 2.75) is 45.1 Å². The molecule has 1 heterocycles. The number of anilines is 2. The van der Waals surface area contributed by atoms with Gasteiger partial charge in [0, 0.05) is 0 Å². The van der Waals surface area contributed by atoms with Gasteiger partial charge in [0.05, 0.1) is 12.6 Å². The number of rotatable bonds is 8. The van der Waals surface area contributed by atoms with E-state index < -0.39 is 0 Å². The highest BCUT2D eigenvalue weighted by Crippen LogP contribution is 2.23. The number of aliphatic hydroxyl groups is 1. The topological polar surface area (TPSA) is 84.1 Å². The summed E-state index contributed by atoms with van der Waals surface area (Å²) < 4.78 is 0. The number of nitrogens with two attached hydrogens (primary N) is 1. The summed E-state index contributed by atoms with van der Waals surface area (Å²) in [6.07, 6.45) is 6.91. The number of nitrogen functional groups attached to an aromatic ring is 1. The van der Waals surface area contributed by atoms with Gasteiger partial charge in [0.2, 0.25) is 0 Å². The second kappa shape index (κ2) is 8.11. The zero-order valence-corrected chi connectivity index (χ0v) is 11.5. The largest absolute Gasteiger partial charge is 0.394 e. The molecule has 0 radical (unpaired) electrons. The van der Waals surface area contributed by atoms with E-state index in [-0.39, 0.29) is 17.8 Å². The number of unbranched alkanes of at least 4 members (excludes halogenated alkanes) is 3. The monoisotopic (exact) mass is 272 g/mol. The van der Waals surface area contributed by atoms with Crippen molar-refractivity contribution in [2.24, 2.45) is 0 Å². The lowest BCUT2D eigenvalue weighted by Crippen LogP contribution is -2.25. The van der Waals surface area contributed by atoms with Crippen LogP contribution in [0.4, 0.5) is 11.5 Å². The molecular formula is C12H21ClN4O. The summed E-state index contributed by atoms with van der Waals surface area (Å²) in [5.41, 5.74) is 6.09. The van der Waals surface area contributed by atoms with E-state index in [1.807, 2.05) is 0 Å². The van der Waals surface area contributed by atoms with E-state index in [0.717, 1.165) is 12.8 Å². The summed E-state index contributed by atoms with van der Waals surface area (Å²) in [5.74, 6) is 0.490. The van der Waals surface area contributed by atoms with Gasteiger partial charge in [0.1, 0.15) is 12.0 Å². The van der Waals surface area contributed by atoms with Crippen LogP contribution in [0, 0.1) is 0 Å². The molecule has 18 heavy (non-hydrogen) atoms. The summed E-state index contributed by atoms with van der Waals surface area (Å²) in [6, 6.07) is -0.0462. The average Bonchev–Trinajstić information content (AvgIpc) is 2.38. The molecule has 0 aromatic carbocycles. The van der Waals surface area contributed by atoms with Crippen LogP contribution >= 0.6 is 11.6 Å². The van der Waals surface area contributed by atoms with Crippen LogP contribution in [0.1, 0.15) is 39.0 Å². The molecule has 0 bridgehead atoms. The van der Waals surface area contributed by atoms with E-state index in [2.05, 4.69) is 22.2 Å². The zero-order valence-electron chi connectivity index (χ0n) is 10.7. The predicted octanol–water partition coefficient (Wildman–Crippen LogP) is 2.46. The van der Waals surface area contributed by atoms with Gasteiger partial charge in [-0.2, -0.15) is 0 Å². The van der Waals surface area contributed by atoms with Gasteiger partial charge in [-0.3, -0.25) is 0 Å². The maximum absolute atomic E-state index is 9.32. The number of halogens is 1. The number of aromatic nitrogens is 2. The highest BCUT2D eigenvalue weighted by molar-refractivity contribution is 6.32. The van der Waals surface area contributed by atoms with Crippen molar-refractivity contribution in [2.75, 3.05) is 17.7 Å². The lowest BCUT2D eigenvalue weighted by molar-refractivity contribution is 0.266. The zero-order chi connectivity index (χ0) is 13.4. The van der Waals surface area contributed by atoms with Gasteiger partial charge >= 0.3 is 0 Å². The molecule has 0 aliphatic heterocycles. The molecule has 5 nitrogen and oxygen atoms in total. The first-order valence-corrected chi connectivity index (χ1v) is 6.70. The Balaban J connectivity index is 2.49. The molecular weight excluding hydrogens is 252 g/mol. The molecule has 1 aromatic heterocycles. The van der Waals surface area contributed by atoms with Crippen molar-refractivity contribution >= 4 is 23.1 Å². The Kier molecular flexibility index (Phi) is 6.75. The third-order valence-corrected chi connectivity index (χ3v) is 3.10. The van der Waals surface area contributed by atoms with Crippen LogP contribution in [0.15, 0.2) is 6.33 Å². The molecule has 0 spiro atoms. The molecule has 4 N–H and O–H groups in total. The van der Waals surface area contributed by atoms with Crippen LogP contribution in [-0.2, 0) is 0 Å². The van der Waals surface area contributed by atoms with E-state index in [0.29, 0.717) is 11.5 Å². The molecule has 0 saturated heterocycles. The van der Waals surface area contributed by atoms with Gasteiger partial charge in [-0.15, -0.1) is 0 Å². The normalized spacial score (nSPS) is 12.4. The van der Waals surface area contributed by atoms with Gasteiger partial charge in [0.15, 0.2) is 11.0 Å². The van der Waals surface area contributed by atoms with Gasteiger partial charge < -0.3 is 16.2 Å². The highest BCUT2D eigenvalue weighted by atomic mass is 35.5. The molecule has 1 aromatic rings. The molecule has 1 rings (SSSR count). The Hall–Kier alpha value is -1.07. The molecule has 0 aliphatic carbocycles. The van der Waals surface area contributed by atoms with Crippen molar-refractivity contribution in [1.29, 1.82) is 0 Å². The van der Waals surface area contributed by atoms with Gasteiger partial charge in [-0.25, -0.2) is 9.97 Å². The number of nitrogens with one attached hydrogen (secondary N) is 1. The summed E-state index contributed by atoms with van der Waals surface area (Å²) in [4.78, 5) is 7.81. The Morgan fingerprint density at radius 1 is 1.39 bits per heavy atom. The van der Waals surface area contributed by atoms with Crippen molar-refractivity contribution in [3.8, 4) is 0 Å². The first-order chi connectivity index (χ1) is 8.69. The van der Waals surface area contributed by atoms with Crippen molar-refractivity contribution in [1.82, 2.24) is 9.97 Å². The first-order valence-electron chi connectivity index (χ1n) is 6.32. The van der Waals surface area contributed by atoms with E-state index >= 15 is 0 Å². The summed E-state index contributed by atoms with van der Waals surface area (Å²) >= 11 is 5.81. The number of hydrogen-bond donors (Lipinski definition) is 3. The standard InChI is InChI=1S/C12H21ClN4O/c1-2-3-4-5-6-9(7-18)17-12-10(14)11(13)15-8-16-12/h8-9,18H,2-7,14H2,1H3,(H,15,16,17). The lowest BCUT2D eigenvalue weighted by Gasteiger charge is -2.17. The molecule has 0 aliphatic rings. The van der Waals surface area contributed by atoms with Crippen LogP contribution < -0.4 is 11.1 Å². The minimum Gasteiger partial charge on any atom is -0.394 e. The fourth-order valence-electron chi connectivity index (χ4n) is 1.71. The second-order valence-corrected chi connectivity index (χ2v) is 4.66. The molecule has 0 amide bonds. The quantitative estimate of drug-likeness (QED) is 0.500. The third-order valence-electron chi connectivity index (χ3n) is 2.80. The van der Waals surface area contributed by atoms with Crippen molar-refractivity contribution in [3.05, 3.63) is 11.5 Å². The van der Waals surface area contributed by atoms with Crippen LogP contribution in [0.25, 0.3) is 0 Å². The van der Waals surface area contributed by atoms with Crippen molar-refractivity contribution < 1.29 is 5.11 Å². The number of aliphatic hydroxyl groups excluding tert-OH is 1. The fraction of sp³-hybridized carbons (Fsp3) is 0.667. The Bertz CT molecular complexity index is 362. The maximum Gasteiger partial charge on any atom is 0.157 e. The molecule has 0 fully saturated rings.